The minimum Gasteiger partial charge on any atom is -0.889 e. The molecule has 1 aliphatic heterocycles. The molecule has 0 aliphatic carbocycles. The summed E-state index contributed by atoms with van der Waals surface area (Å²) in [6.45, 7) is 0.452. The van der Waals surface area contributed by atoms with Gasteiger partial charge < -0.3 is 20.1 Å². The summed E-state index contributed by atoms with van der Waals surface area (Å²) in [4.78, 5) is 13.1. The first kappa shape index (κ1) is 22.5. The Balaban J connectivity index is 0.00000200. The second kappa shape index (κ2) is 9.69. The van der Waals surface area contributed by atoms with Crippen LogP contribution < -0.4 is 118 Å². The van der Waals surface area contributed by atoms with Crippen molar-refractivity contribution in [2.45, 2.75) is 12.0 Å². The van der Waals surface area contributed by atoms with Crippen molar-refractivity contribution in [2.24, 2.45) is 0 Å². The van der Waals surface area contributed by atoms with Gasteiger partial charge in [0.15, 0.2) is 0 Å². The zero-order valence-electron chi connectivity index (χ0n) is 12.4. The van der Waals surface area contributed by atoms with Crippen molar-refractivity contribution in [3.8, 4) is 11.8 Å². The first-order valence-corrected chi connectivity index (χ1v) is 5.85. The first-order chi connectivity index (χ1) is 8.92. The predicted molar refractivity (Wildman–Crippen MR) is 65.9 cm³/mol. The molecule has 1 aliphatic rings. The molecule has 0 radical (unpaired) electrons. The average molecular weight is 335 g/mol. The summed E-state index contributed by atoms with van der Waals surface area (Å²) in [6.07, 6.45) is 0.251. The fourth-order valence-corrected chi connectivity index (χ4v) is 1.91. The quantitative estimate of drug-likeness (QED) is 0.408. The van der Waals surface area contributed by atoms with Gasteiger partial charge in [-0.15, -0.1) is 5.46 Å². The summed E-state index contributed by atoms with van der Waals surface area (Å²) in [5.74, 6) is 4.75. The van der Waals surface area contributed by atoms with Crippen LogP contribution in [0, 0.1) is 11.8 Å². The smallest absolute Gasteiger partial charge is 0.889 e. The number of rotatable bonds is 1. The Labute approximate surface area is 209 Å². The van der Waals surface area contributed by atoms with Crippen molar-refractivity contribution in [1.82, 2.24) is 4.90 Å². The molecule has 1 atom stereocenters. The maximum atomic E-state index is 11.7. The molecule has 5 nitrogen and oxygen atoms in total. The molecule has 8 heteroatoms. The van der Waals surface area contributed by atoms with Crippen LogP contribution in [-0.2, 0) is 4.79 Å². The second-order valence-corrected chi connectivity index (χ2v) is 4.54. The molecule has 0 bridgehead atoms. The molecule has 0 spiro atoms. The SMILES string of the molecule is CN1CCC(O)(C#Cc2cccc(B([O-])[O-])c2)C1=O.[K+].[K+]. The van der Waals surface area contributed by atoms with Crippen LogP contribution in [0.15, 0.2) is 24.3 Å². The number of hydrogen-bond donors (Lipinski definition) is 1. The molecule has 2 rings (SSSR count). The number of aliphatic hydroxyl groups is 1. The van der Waals surface area contributed by atoms with Gasteiger partial charge in [0.1, 0.15) is 0 Å². The van der Waals surface area contributed by atoms with Crippen LogP contribution in [0.5, 0.6) is 0 Å². The monoisotopic (exact) mass is 335 g/mol. The van der Waals surface area contributed by atoms with Crippen LogP contribution in [0.1, 0.15) is 12.0 Å². The third-order valence-corrected chi connectivity index (χ3v) is 3.08. The maximum Gasteiger partial charge on any atom is 1.00 e. The molecule has 1 amide bonds. The fraction of sp³-hybridized carbons (Fsp3) is 0.308. The molecule has 1 N–H and O–H groups in total. The molecule has 98 valence electrons. The topological polar surface area (TPSA) is 86.7 Å². The normalized spacial score (nSPS) is 20.0. The van der Waals surface area contributed by atoms with Crippen molar-refractivity contribution in [1.29, 1.82) is 0 Å². The number of carbonyl (C=O) groups excluding carboxylic acids is 1. The molecular weight excluding hydrogens is 323 g/mol. The first-order valence-electron chi connectivity index (χ1n) is 5.85. The zero-order valence-corrected chi connectivity index (χ0v) is 18.7. The number of likely N-dealkylation sites (N-methyl/N-ethyl adjacent to an activating group) is 1. The van der Waals surface area contributed by atoms with Crippen LogP contribution >= 0.6 is 0 Å². The molecule has 1 unspecified atom stereocenters. The van der Waals surface area contributed by atoms with Crippen LogP contribution in [0.2, 0.25) is 0 Å². The van der Waals surface area contributed by atoms with Gasteiger partial charge in [0, 0.05) is 25.6 Å². The largest absolute Gasteiger partial charge is 1.00 e. The minimum absolute atomic E-state index is 0. The van der Waals surface area contributed by atoms with Crippen molar-refractivity contribution in [3.05, 3.63) is 29.8 Å². The Bertz CT molecular complexity index is 573. The third-order valence-electron chi connectivity index (χ3n) is 3.08. The van der Waals surface area contributed by atoms with Crippen LogP contribution in [0.25, 0.3) is 0 Å². The third kappa shape index (κ3) is 5.80. The number of hydrogen-bond acceptors (Lipinski definition) is 4. The Kier molecular flexibility index (Phi) is 10.4. The van der Waals surface area contributed by atoms with E-state index in [1.54, 1.807) is 19.2 Å². The Hall–Kier alpha value is 1.47. The van der Waals surface area contributed by atoms with E-state index in [1.165, 1.54) is 17.0 Å². The molecule has 0 aromatic heterocycles. The van der Waals surface area contributed by atoms with E-state index in [-0.39, 0.29) is 115 Å². The van der Waals surface area contributed by atoms with Gasteiger partial charge in [-0.05, 0) is 6.07 Å². The van der Waals surface area contributed by atoms with Gasteiger partial charge in [-0.25, -0.2) is 0 Å². The number of likely N-dealkylation sites (tertiary alicyclic amines) is 1. The molecule has 1 aromatic carbocycles. The van der Waals surface area contributed by atoms with E-state index < -0.39 is 18.6 Å². The zero-order chi connectivity index (χ0) is 14.0. The molecule has 21 heavy (non-hydrogen) atoms. The van der Waals surface area contributed by atoms with Crippen LogP contribution in [0.4, 0.5) is 0 Å². The molecule has 1 heterocycles. The Morgan fingerprint density at radius 1 is 1.38 bits per heavy atom. The molecular formula is C13H12BK2NO4. The van der Waals surface area contributed by atoms with E-state index in [2.05, 4.69) is 11.8 Å². The summed E-state index contributed by atoms with van der Waals surface area (Å²) < 4.78 is 0. The Morgan fingerprint density at radius 3 is 2.57 bits per heavy atom. The molecule has 0 saturated carbocycles. The number of benzene rings is 1. The van der Waals surface area contributed by atoms with Gasteiger partial charge in [-0.3, -0.25) is 4.79 Å². The summed E-state index contributed by atoms with van der Waals surface area (Å²) in [5, 5.41) is 31.7. The van der Waals surface area contributed by atoms with Gasteiger partial charge >= 0.3 is 103 Å². The summed E-state index contributed by atoms with van der Waals surface area (Å²) in [7, 11) is -0.466. The van der Waals surface area contributed by atoms with Crippen LogP contribution in [-0.4, -0.2) is 42.2 Å². The van der Waals surface area contributed by atoms with Crippen molar-refractivity contribution >= 4 is 18.5 Å². The van der Waals surface area contributed by atoms with E-state index in [9.17, 15) is 19.9 Å². The average Bonchev–Trinajstić information content (AvgIpc) is 2.65. The second-order valence-electron chi connectivity index (χ2n) is 4.54. The van der Waals surface area contributed by atoms with E-state index in [0.717, 1.165) is 0 Å². The van der Waals surface area contributed by atoms with Gasteiger partial charge in [-0.1, -0.05) is 37.2 Å². The molecule has 1 aromatic rings. The van der Waals surface area contributed by atoms with Crippen molar-refractivity contribution < 1.29 is 123 Å². The van der Waals surface area contributed by atoms with E-state index in [4.69, 9.17) is 0 Å². The summed E-state index contributed by atoms with van der Waals surface area (Å²) >= 11 is 0. The van der Waals surface area contributed by atoms with Gasteiger partial charge in [0.2, 0.25) is 5.60 Å². The van der Waals surface area contributed by atoms with E-state index >= 15 is 0 Å². The van der Waals surface area contributed by atoms with Gasteiger partial charge in [0.25, 0.3) is 5.91 Å². The standard InChI is InChI=1S/C13H12BNO4.2K/c1-15-8-7-13(17,12(15)16)6-5-10-3-2-4-11(9-10)14(18)19;;/h2-4,9,17H,7-8H2,1H3;;/q-2;2*+1. The number of nitrogens with zero attached hydrogens (tertiary/aromatic N) is 1. The Morgan fingerprint density at radius 2 is 2.05 bits per heavy atom. The van der Waals surface area contributed by atoms with E-state index in [0.29, 0.717) is 12.1 Å². The van der Waals surface area contributed by atoms with E-state index in [1.807, 2.05) is 0 Å². The van der Waals surface area contributed by atoms with Crippen molar-refractivity contribution in [2.75, 3.05) is 13.6 Å². The molecule has 1 saturated heterocycles. The summed E-state index contributed by atoms with van der Waals surface area (Å²) in [5.41, 5.74) is -1.14. The van der Waals surface area contributed by atoms with Gasteiger partial charge in [0.05, 0.1) is 0 Å². The van der Waals surface area contributed by atoms with Crippen LogP contribution in [0.3, 0.4) is 0 Å². The van der Waals surface area contributed by atoms with Gasteiger partial charge in [-0.2, -0.15) is 0 Å². The minimum atomic E-state index is -2.07. The number of amides is 1. The summed E-state index contributed by atoms with van der Waals surface area (Å²) in [6, 6.07) is 5.98. The maximum absolute atomic E-state index is 11.7. The molecule has 1 fully saturated rings. The fourth-order valence-electron chi connectivity index (χ4n) is 1.91. The number of carbonyl (C=O) groups is 1. The van der Waals surface area contributed by atoms with Crippen molar-refractivity contribution in [3.63, 3.8) is 0 Å². The predicted octanol–water partition coefficient (Wildman–Crippen LogP) is -8.94.